The van der Waals surface area contributed by atoms with Crippen LogP contribution in [0.4, 0.5) is 0 Å². The maximum absolute atomic E-state index is 5.86. The Bertz CT molecular complexity index is 318. The average molecular weight is 266 g/mol. The van der Waals surface area contributed by atoms with Crippen LogP contribution in [0, 0.1) is 5.92 Å². The summed E-state index contributed by atoms with van der Waals surface area (Å²) in [6, 6.07) is 0. The van der Waals surface area contributed by atoms with E-state index in [9.17, 15) is 0 Å². The molecule has 0 aliphatic carbocycles. The van der Waals surface area contributed by atoms with Crippen LogP contribution >= 0.6 is 0 Å². The second-order valence-electron chi connectivity index (χ2n) is 6.40. The summed E-state index contributed by atoms with van der Waals surface area (Å²) in [6.45, 7) is 16.2. The van der Waals surface area contributed by atoms with Crippen molar-refractivity contribution in [1.29, 1.82) is 0 Å². The summed E-state index contributed by atoms with van der Waals surface area (Å²) in [6.07, 6.45) is 4.56. The first-order valence-electron chi connectivity index (χ1n) is 6.98. The van der Waals surface area contributed by atoms with Crippen LogP contribution in [0.1, 0.15) is 48.0 Å². The lowest BCUT2D eigenvalue weighted by molar-refractivity contribution is 0.00578. The number of ether oxygens (including phenoxy) is 1. The normalized spacial score (nSPS) is 23.0. The van der Waals surface area contributed by atoms with Gasteiger partial charge < -0.3 is 14.0 Å². The van der Waals surface area contributed by atoms with Gasteiger partial charge in [-0.25, -0.2) is 0 Å². The number of hydrogen-bond acceptors (Lipinski definition) is 3. The second kappa shape index (κ2) is 6.14. The fraction of sp³-hybridized carbons (Fsp3) is 0.733. The first kappa shape index (κ1) is 16.3. The van der Waals surface area contributed by atoms with Crippen molar-refractivity contribution in [3.63, 3.8) is 0 Å². The molecule has 1 aliphatic heterocycles. The highest BCUT2D eigenvalue weighted by Gasteiger charge is 2.50. The van der Waals surface area contributed by atoms with Crippen molar-refractivity contribution < 1.29 is 14.0 Å². The quantitative estimate of drug-likeness (QED) is 0.416. The van der Waals surface area contributed by atoms with Gasteiger partial charge in [0.25, 0.3) is 0 Å². The van der Waals surface area contributed by atoms with Gasteiger partial charge in [0, 0.05) is 6.42 Å². The van der Waals surface area contributed by atoms with E-state index >= 15 is 0 Å². The van der Waals surface area contributed by atoms with Crippen molar-refractivity contribution in [2.24, 2.45) is 5.92 Å². The molecule has 0 spiro atoms. The average Bonchev–Trinajstić information content (AvgIpc) is 2.46. The van der Waals surface area contributed by atoms with Crippen molar-refractivity contribution in [3.05, 3.63) is 24.9 Å². The predicted octanol–water partition coefficient (Wildman–Crippen LogP) is 3.75. The Morgan fingerprint density at radius 1 is 1.16 bits per heavy atom. The first-order valence-corrected chi connectivity index (χ1v) is 6.98. The van der Waals surface area contributed by atoms with E-state index in [1.807, 2.05) is 39.7 Å². The standard InChI is InChI=1S/C15H27BO3/c1-8-9-13(12(2)3)17-11-10-16-18-14(4,5)15(6,7)19-16/h8,10-13H,1,9H2,2-7H3/b11-10+. The van der Waals surface area contributed by atoms with Crippen molar-refractivity contribution in [2.45, 2.75) is 65.3 Å². The molecule has 0 amide bonds. The van der Waals surface area contributed by atoms with Crippen molar-refractivity contribution in [1.82, 2.24) is 0 Å². The van der Waals surface area contributed by atoms with Crippen molar-refractivity contribution >= 4 is 7.12 Å². The summed E-state index contributed by atoms with van der Waals surface area (Å²) in [4.78, 5) is 0. The van der Waals surface area contributed by atoms with E-state index in [4.69, 9.17) is 14.0 Å². The molecule has 1 heterocycles. The molecular weight excluding hydrogens is 239 g/mol. The zero-order chi connectivity index (χ0) is 14.7. The van der Waals surface area contributed by atoms with Crippen LogP contribution in [0.15, 0.2) is 24.9 Å². The molecule has 1 atom stereocenters. The Labute approximate surface area is 118 Å². The number of rotatable bonds is 6. The smallest absolute Gasteiger partial charge is 0.490 e. The Balaban J connectivity index is 2.53. The molecule has 0 aromatic heterocycles. The fourth-order valence-electron chi connectivity index (χ4n) is 1.83. The summed E-state index contributed by atoms with van der Waals surface area (Å²) < 4.78 is 17.4. The minimum atomic E-state index is -0.346. The summed E-state index contributed by atoms with van der Waals surface area (Å²) >= 11 is 0. The summed E-state index contributed by atoms with van der Waals surface area (Å²) in [7, 11) is -0.346. The summed E-state index contributed by atoms with van der Waals surface area (Å²) in [5.41, 5.74) is -0.610. The summed E-state index contributed by atoms with van der Waals surface area (Å²) in [5.74, 6) is 2.27. The van der Waals surface area contributed by atoms with Crippen molar-refractivity contribution in [3.8, 4) is 0 Å². The molecule has 0 aromatic rings. The molecule has 0 radical (unpaired) electrons. The Hall–Kier alpha value is -0.735. The van der Waals surface area contributed by atoms with Gasteiger partial charge in [0.1, 0.15) is 6.10 Å². The van der Waals surface area contributed by atoms with E-state index in [0.29, 0.717) is 5.92 Å². The van der Waals surface area contributed by atoms with Gasteiger partial charge in [-0.1, -0.05) is 19.9 Å². The fourth-order valence-corrected chi connectivity index (χ4v) is 1.83. The molecule has 19 heavy (non-hydrogen) atoms. The van der Waals surface area contributed by atoms with Gasteiger partial charge >= 0.3 is 7.12 Å². The monoisotopic (exact) mass is 266 g/mol. The maximum Gasteiger partial charge on any atom is 0.490 e. The molecule has 108 valence electrons. The minimum absolute atomic E-state index is 0.149. The molecule has 0 saturated carbocycles. The maximum atomic E-state index is 5.86. The topological polar surface area (TPSA) is 27.7 Å². The van der Waals surface area contributed by atoms with Crippen LogP contribution < -0.4 is 0 Å². The molecule has 1 fully saturated rings. The van der Waals surface area contributed by atoms with Crippen LogP contribution in [0.25, 0.3) is 0 Å². The Morgan fingerprint density at radius 3 is 2.11 bits per heavy atom. The molecule has 4 heteroatoms. The lowest BCUT2D eigenvalue weighted by Gasteiger charge is -2.32. The second-order valence-corrected chi connectivity index (χ2v) is 6.40. The van der Waals surface area contributed by atoms with Crippen LogP contribution in [0.2, 0.25) is 0 Å². The van der Waals surface area contributed by atoms with Gasteiger partial charge in [-0.15, -0.1) is 6.58 Å². The Morgan fingerprint density at radius 2 is 1.68 bits per heavy atom. The van der Waals surface area contributed by atoms with Gasteiger partial charge in [-0.05, 0) is 39.6 Å². The van der Waals surface area contributed by atoms with Gasteiger partial charge in [-0.2, -0.15) is 0 Å². The highest BCUT2D eigenvalue weighted by atomic mass is 16.7. The van der Waals surface area contributed by atoms with E-state index in [-0.39, 0.29) is 24.4 Å². The van der Waals surface area contributed by atoms with E-state index < -0.39 is 0 Å². The van der Waals surface area contributed by atoms with Crippen LogP contribution in [0.5, 0.6) is 0 Å². The molecular formula is C15H27BO3. The van der Waals surface area contributed by atoms with Crippen molar-refractivity contribution in [2.75, 3.05) is 0 Å². The highest BCUT2D eigenvalue weighted by molar-refractivity contribution is 6.51. The molecule has 0 bridgehead atoms. The van der Waals surface area contributed by atoms with E-state index in [1.54, 1.807) is 6.26 Å². The zero-order valence-electron chi connectivity index (χ0n) is 13.1. The molecule has 1 aliphatic rings. The van der Waals surface area contributed by atoms with Gasteiger partial charge in [0.15, 0.2) is 0 Å². The molecule has 1 rings (SSSR count). The lowest BCUT2D eigenvalue weighted by Crippen LogP contribution is -2.41. The molecule has 1 unspecified atom stereocenters. The first-order chi connectivity index (χ1) is 8.69. The molecule has 0 N–H and O–H groups in total. The van der Waals surface area contributed by atoms with Crippen LogP contribution in [-0.2, 0) is 14.0 Å². The van der Waals surface area contributed by atoms with E-state index in [2.05, 4.69) is 20.4 Å². The molecule has 1 saturated heterocycles. The van der Waals surface area contributed by atoms with Crippen LogP contribution in [-0.4, -0.2) is 24.4 Å². The lowest BCUT2D eigenvalue weighted by atomic mass is 9.90. The van der Waals surface area contributed by atoms with Gasteiger partial charge in [0.05, 0.1) is 17.5 Å². The highest BCUT2D eigenvalue weighted by Crippen LogP contribution is 2.36. The third-order valence-electron chi connectivity index (χ3n) is 3.90. The third-order valence-corrected chi connectivity index (χ3v) is 3.90. The molecule has 3 nitrogen and oxygen atoms in total. The van der Waals surface area contributed by atoms with E-state index in [0.717, 1.165) is 6.42 Å². The largest absolute Gasteiger partial charge is 0.498 e. The predicted molar refractivity (Wildman–Crippen MR) is 79.7 cm³/mol. The van der Waals surface area contributed by atoms with Crippen LogP contribution in [0.3, 0.4) is 0 Å². The SMILES string of the molecule is C=CCC(O/C=C/B1OC(C)(C)C(C)(C)O1)C(C)C. The van der Waals surface area contributed by atoms with Gasteiger partial charge in [-0.3, -0.25) is 0 Å². The molecule has 0 aromatic carbocycles. The number of hydrogen-bond donors (Lipinski definition) is 0. The van der Waals surface area contributed by atoms with Gasteiger partial charge in [0.2, 0.25) is 0 Å². The summed E-state index contributed by atoms with van der Waals surface area (Å²) in [5, 5.41) is 0. The minimum Gasteiger partial charge on any atom is -0.498 e. The van der Waals surface area contributed by atoms with E-state index in [1.165, 1.54) is 0 Å². The Kier molecular flexibility index (Phi) is 5.28. The third kappa shape index (κ3) is 4.12. The zero-order valence-corrected chi connectivity index (χ0v) is 13.1.